The van der Waals surface area contributed by atoms with Crippen LogP contribution in [-0.2, 0) is 0 Å². The van der Waals surface area contributed by atoms with Gasteiger partial charge in [-0.2, -0.15) is 0 Å². The maximum absolute atomic E-state index is 7.40. The van der Waals surface area contributed by atoms with E-state index in [0.29, 0.717) is 11.5 Å². The van der Waals surface area contributed by atoms with Gasteiger partial charge in [-0.3, -0.25) is 5.73 Å². The first-order chi connectivity index (χ1) is 25.7. The fourth-order valence-electron chi connectivity index (χ4n) is 7.82. The summed E-state index contributed by atoms with van der Waals surface area (Å²) in [6.45, 7) is 4.38. The SMILES string of the molecule is C=C(/N=C(\NC(N)n1c2ccccc2c2ccc3c(c4ccccc4n3-c3ccccc3)c21)c1cccc2c1oc1ccccc12)c1ccccc1. The van der Waals surface area contributed by atoms with Crippen molar-refractivity contribution in [2.75, 3.05) is 0 Å². The number of hydrogen-bond acceptors (Lipinski definition) is 3. The van der Waals surface area contributed by atoms with Crippen molar-refractivity contribution in [1.29, 1.82) is 0 Å². The number of nitrogens with zero attached hydrogens (tertiary/aromatic N) is 3. The monoisotopic (exact) mass is 671 g/mol. The highest BCUT2D eigenvalue weighted by Gasteiger charge is 2.24. The number of nitrogens with one attached hydrogen (secondary N) is 1. The smallest absolute Gasteiger partial charge is 0.158 e. The van der Waals surface area contributed by atoms with E-state index >= 15 is 0 Å². The van der Waals surface area contributed by atoms with Crippen LogP contribution in [0, 0.1) is 0 Å². The number of para-hydroxylation sites is 5. The summed E-state index contributed by atoms with van der Waals surface area (Å²) in [4.78, 5) is 5.16. The van der Waals surface area contributed by atoms with E-state index in [2.05, 4.69) is 124 Å². The highest BCUT2D eigenvalue weighted by atomic mass is 16.3. The van der Waals surface area contributed by atoms with Crippen molar-refractivity contribution >= 4 is 77.1 Å². The fraction of sp³-hybridized carbons (Fsp3) is 0.0217. The fourth-order valence-corrected chi connectivity index (χ4v) is 7.82. The summed E-state index contributed by atoms with van der Waals surface area (Å²) in [7, 11) is 0. The molecule has 1 unspecified atom stereocenters. The van der Waals surface area contributed by atoms with Crippen molar-refractivity contribution in [3.63, 3.8) is 0 Å². The van der Waals surface area contributed by atoms with E-state index in [1.807, 2.05) is 60.7 Å². The van der Waals surface area contributed by atoms with Crippen LogP contribution < -0.4 is 11.1 Å². The molecule has 0 aliphatic rings. The normalized spacial score (nSPS) is 12.8. The first-order valence-electron chi connectivity index (χ1n) is 17.4. The van der Waals surface area contributed by atoms with Gasteiger partial charge in [0.1, 0.15) is 17.0 Å². The zero-order valence-electron chi connectivity index (χ0n) is 28.2. The van der Waals surface area contributed by atoms with Crippen LogP contribution in [0.3, 0.4) is 0 Å². The summed E-state index contributed by atoms with van der Waals surface area (Å²) in [6.07, 6.45) is -0.728. The molecule has 3 heterocycles. The van der Waals surface area contributed by atoms with Gasteiger partial charge < -0.3 is 18.9 Å². The van der Waals surface area contributed by atoms with Gasteiger partial charge in [0.05, 0.1) is 33.3 Å². The van der Waals surface area contributed by atoms with Crippen LogP contribution in [0.2, 0.25) is 0 Å². The molecule has 0 amide bonds. The number of fused-ring (bicyclic) bond motifs is 10. The molecular weight excluding hydrogens is 639 g/mol. The standard InChI is InChI=1S/C46H33N5O/c1-29(30-15-4-2-5-16-30)48-45(37-23-14-22-35-33-20-10-13-26-41(33)52-44(35)37)49-46(47)51-38-24-11-8-19-32(38)34-27-28-40-42(43(34)51)36-21-9-12-25-39(36)50(40)31-17-6-3-7-18-31/h2-28,46H,1,47H2,(H,48,49). The Hall–Kier alpha value is -6.89. The summed E-state index contributed by atoms with van der Waals surface area (Å²) in [5, 5.41) is 10.3. The van der Waals surface area contributed by atoms with Crippen molar-refractivity contribution in [1.82, 2.24) is 14.5 Å². The van der Waals surface area contributed by atoms with Gasteiger partial charge >= 0.3 is 0 Å². The predicted molar refractivity (Wildman–Crippen MR) is 216 cm³/mol. The molecule has 7 aromatic carbocycles. The molecule has 248 valence electrons. The van der Waals surface area contributed by atoms with Gasteiger partial charge in [0.15, 0.2) is 6.29 Å². The second-order valence-electron chi connectivity index (χ2n) is 13.1. The number of nitrogens with two attached hydrogens (primary N) is 1. The molecule has 0 aliphatic carbocycles. The molecule has 0 aliphatic heterocycles. The Kier molecular flexibility index (Phi) is 6.84. The largest absolute Gasteiger partial charge is 0.455 e. The maximum Gasteiger partial charge on any atom is 0.158 e. The Labute approximate surface area is 299 Å². The Balaban J connectivity index is 1.22. The molecule has 6 heteroatoms. The quantitative estimate of drug-likeness (QED) is 0.105. The van der Waals surface area contributed by atoms with E-state index in [0.717, 1.165) is 82.4 Å². The molecule has 0 bridgehead atoms. The average molecular weight is 672 g/mol. The molecule has 3 N–H and O–H groups in total. The molecule has 0 spiro atoms. The minimum atomic E-state index is -0.728. The van der Waals surface area contributed by atoms with Crippen LogP contribution in [0.5, 0.6) is 0 Å². The lowest BCUT2D eigenvalue weighted by atomic mass is 10.1. The first-order valence-corrected chi connectivity index (χ1v) is 17.4. The Morgan fingerprint density at radius 2 is 1.25 bits per heavy atom. The van der Waals surface area contributed by atoms with Gasteiger partial charge in [-0.1, -0.05) is 128 Å². The molecule has 6 nitrogen and oxygen atoms in total. The van der Waals surface area contributed by atoms with Crippen LogP contribution in [-0.4, -0.2) is 15.0 Å². The topological polar surface area (TPSA) is 73.4 Å². The molecular formula is C46H33N5O. The molecule has 3 aromatic heterocycles. The van der Waals surface area contributed by atoms with Gasteiger partial charge in [0.2, 0.25) is 0 Å². The van der Waals surface area contributed by atoms with Crippen LogP contribution in [0.4, 0.5) is 0 Å². The van der Waals surface area contributed by atoms with Crippen molar-refractivity contribution in [2.45, 2.75) is 6.29 Å². The van der Waals surface area contributed by atoms with E-state index in [1.54, 1.807) is 0 Å². The van der Waals surface area contributed by atoms with E-state index in [-0.39, 0.29) is 0 Å². The van der Waals surface area contributed by atoms with E-state index in [1.165, 1.54) is 0 Å². The molecule has 52 heavy (non-hydrogen) atoms. The molecule has 10 rings (SSSR count). The lowest BCUT2D eigenvalue weighted by Crippen LogP contribution is -2.38. The van der Waals surface area contributed by atoms with E-state index < -0.39 is 6.29 Å². The summed E-state index contributed by atoms with van der Waals surface area (Å²) < 4.78 is 11.1. The van der Waals surface area contributed by atoms with Crippen LogP contribution >= 0.6 is 0 Å². The average Bonchev–Trinajstić information content (AvgIpc) is 3.86. The van der Waals surface area contributed by atoms with Gasteiger partial charge in [-0.15, -0.1) is 0 Å². The highest BCUT2D eigenvalue weighted by Crippen LogP contribution is 2.41. The molecule has 0 radical (unpaired) electrons. The lowest BCUT2D eigenvalue weighted by Gasteiger charge is -2.22. The molecule has 0 saturated heterocycles. The van der Waals surface area contributed by atoms with Crippen LogP contribution in [0.1, 0.15) is 17.4 Å². The zero-order chi connectivity index (χ0) is 34.8. The van der Waals surface area contributed by atoms with Crippen molar-refractivity contribution in [3.05, 3.63) is 181 Å². The van der Waals surface area contributed by atoms with E-state index in [9.17, 15) is 0 Å². The highest BCUT2D eigenvalue weighted by molar-refractivity contribution is 6.25. The Bertz CT molecular complexity index is 3020. The van der Waals surface area contributed by atoms with Gasteiger partial charge in [0.25, 0.3) is 0 Å². The maximum atomic E-state index is 7.40. The predicted octanol–water partition coefficient (Wildman–Crippen LogP) is 10.9. The number of benzene rings is 7. The third-order valence-electron chi connectivity index (χ3n) is 10.1. The van der Waals surface area contributed by atoms with Gasteiger partial charge in [-0.05, 0) is 48.0 Å². The first kappa shape index (κ1) is 30.0. The second kappa shape index (κ2) is 11.9. The van der Waals surface area contributed by atoms with Crippen molar-refractivity contribution in [2.24, 2.45) is 10.7 Å². The van der Waals surface area contributed by atoms with Gasteiger partial charge in [0, 0.05) is 38.0 Å². The third-order valence-corrected chi connectivity index (χ3v) is 10.1. The molecule has 0 saturated carbocycles. The summed E-state index contributed by atoms with van der Waals surface area (Å²) in [5.74, 6) is 0.566. The zero-order valence-corrected chi connectivity index (χ0v) is 28.2. The molecule has 1 atom stereocenters. The minimum absolute atomic E-state index is 0.566. The number of furan rings is 1. The van der Waals surface area contributed by atoms with Crippen LogP contribution in [0.15, 0.2) is 180 Å². The number of aromatic nitrogens is 2. The summed E-state index contributed by atoms with van der Waals surface area (Å²) in [6, 6.07) is 56.3. The summed E-state index contributed by atoms with van der Waals surface area (Å²) >= 11 is 0. The summed E-state index contributed by atoms with van der Waals surface area (Å²) in [5.41, 5.74) is 16.7. The Morgan fingerprint density at radius 3 is 2.06 bits per heavy atom. The molecule has 0 fully saturated rings. The number of hydrogen-bond donors (Lipinski definition) is 2. The Morgan fingerprint density at radius 1 is 0.596 bits per heavy atom. The number of amidine groups is 1. The van der Waals surface area contributed by atoms with Crippen LogP contribution in [0.25, 0.3) is 76.9 Å². The lowest BCUT2D eigenvalue weighted by molar-refractivity contribution is 0.519. The minimum Gasteiger partial charge on any atom is -0.455 e. The van der Waals surface area contributed by atoms with Gasteiger partial charge in [-0.25, -0.2) is 4.99 Å². The van der Waals surface area contributed by atoms with Crippen molar-refractivity contribution < 1.29 is 4.42 Å². The second-order valence-corrected chi connectivity index (χ2v) is 13.1. The number of rotatable bonds is 6. The third kappa shape index (κ3) is 4.59. The van der Waals surface area contributed by atoms with Crippen molar-refractivity contribution in [3.8, 4) is 5.69 Å². The van der Waals surface area contributed by atoms with E-state index in [4.69, 9.17) is 15.1 Å². The molecule has 10 aromatic rings. The number of aliphatic imine (C=N–C) groups is 1.